The number of aryl methyl sites for hydroxylation is 1. The molecule has 4 nitrogen and oxygen atoms in total. The Morgan fingerprint density at radius 1 is 1.14 bits per heavy atom. The highest BCUT2D eigenvalue weighted by Gasteiger charge is 2.32. The first-order valence-corrected chi connectivity index (χ1v) is 13.7. The van der Waals surface area contributed by atoms with Crippen LogP contribution in [0.5, 0.6) is 5.75 Å². The second kappa shape index (κ2) is 8.83. The molecule has 4 aromatic rings. The van der Waals surface area contributed by atoms with Gasteiger partial charge in [-0.1, -0.05) is 63.7 Å². The zero-order chi connectivity index (χ0) is 24.3. The average Bonchev–Trinajstić information content (AvgIpc) is 3.16. The molecule has 1 atom stereocenters. The molecule has 1 aliphatic carbocycles. The molecule has 0 saturated heterocycles. The Balaban J connectivity index is 1.64. The molecule has 1 aliphatic heterocycles. The van der Waals surface area contributed by atoms with Crippen LogP contribution in [0.1, 0.15) is 34.7 Å². The molecule has 0 bridgehead atoms. The monoisotopic (exact) mass is 658 g/mol. The number of fused-ring (bicyclic) bond motifs is 3. The molecule has 2 aliphatic rings. The second-order valence-corrected chi connectivity index (χ2v) is 11.6. The molecule has 1 N–H and O–H groups in total. The molecule has 0 amide bonds. The van der Waals surface area contributed by atoms with Crippen LogP contribution in [0.4, 0.5) is 4.39 Å². The first-order chi connectivity index (χ1) is 16.9. The topological polar surface area (TPSA) is 54.6 Å². The van der Waals surface area contributed by atoms with E-state index < -0.39 is 0 Å². The van der Waals surface area contributed by atoms with Gasteiger partial charge >= 0.3 is 0 Å². The third-order valence-corrected chi connectivity index (χ3v) is 8.67. The number of phenols is 1. The molecule has 0 saturated carbocycles. The smallest absolute Gasteiger partial charge is 0.271 e. The highest BCUT2D eigenvalue weighted by atomic mass is 127. The third-order valence-electron chi connectivity index (χ3n) is 6.40. The van der Waals surface area contributed by atoms with Crippen LogP contribution in [0.2, 0.25) is 0 Å². The molecule has 0 spiro atoms. The summed E-state index contributed by atoms with van der Waals surface area (Å²) in [5.41, 5.74) is 5.51. The minimum Gasteiger partial charge on any atom is -0.506 e. The van der Waals surface area contributed by atoms with Gasteiger partial charge in [-0.25, -0.2) is 9.38 Å². The molecular weight excluding hydrogens is 642 g/mol. The van der Waals surface area contributed by atoms with Gasteiger partial charge in [0, 0.05) is 15.6 Å². The van der Waals surface area contributed by atoms with E-state index in [9.17, 15) is 14.3 Å². The predicted octanol–water partition coefficient (Wildman–Crippen LogP) is 5.53. The molecule has 0 unspecified atom stereocenters. The number of phenolic OH excluding ortho intramolecular Hbond substituents is 1. The Kier molecular flexibility index (Phi) is 5.77. The maximum atomic E-state index is 13.8. The van der Waals surface area contributed by atoms with E-state index in [0.717, 1.165) is 39.7 Å². The predicted molar refractivity (Wildman–Crippen MR) is 148 cm³/mol. The van der Waals surface area contributed by atoms with Gasteiger partial charge in [0.2, 0.25) is 0 Å². The minimum absolute atomic E-state index is 0.128. The lowest BCUT2D eigenvalue weighted by atomic mass is 9.83. The van der Waals surface area contributed by atoms with Gasteiger partial charge in [0.05, 0.1) is 19.8 Å². The van der Waals surface area contributed by atoms with Gasteiger partial charge in [-0.15, -0.1) is 0 Å². The average molecular weight is 659 g/mol. The summed E-state index contributed by atoms with van der Waals surface area (Å²) in [4.78, 5) is 19.3. The molecule has 2 heterocycles. The fourth-order valence-corrected chi connectivity index (χ4v) is 7.35. The van der Waals surface area contributed by atoms with E-state index in [1.54, 1.807) is 28.8 Å². The first kappa shape index (κ1) is 22.9. The van der Waals surface area contributed by atoms with Crippen LogP contribution >= 0.6 is 49.9 Å². The molecule has 174 valence electrons. The van der Waals surface area contributed by atoms with Crippen LogP contribution in [0.25, 0.3) is 11.8 Å². The van der Waals surface area contributed by atoms with Crippen molar-refractivity contribution in [3.63, 3.8) is 0 Å². The maximum absolute atomic E-state index is 13.8. The molecule has 0 radical (unpaired) electrons. The fourth-order valence-electron chi connectivity index (χ4n) is 4.80. The Hall–Kier alpha value is -2.56. The van der Waals surface area contributed by atoms with Crippen molar-refractivity contribution in [2.24, 2.45) is 4.99 Å². The number of hydrogen-bond acceptors (Lipinski definition) is 4. The van der Waals surface area contributed by atoms with Gasteiger partial charge in [-0.05, 0) is 82.5 Å². The highest BCUT2D eigenvalue weighted by molar-refractivity contribution is 14.1. The number of nitrogens with zero attached hydrogens (tertiary/aromatic N) is 2. The van der Waals surface area contributed by atoms with Gasteiger partial charge < -0.3 is 5.11 Å². The highest BCUT2D eigenvalue weighted by Crippen LogP contribution is 2.41. The van der Waals surface area contributed by atoms with Crippen LogP contribution < -0.4 is 14.9 Å². The molecular formula is C27H17BrFIN2O2S. The number of thiazole rings is 1. The van der Waals surface area contributed by atoms with Gasteiger partial charge in [0.25, 0.3) is 5.56 Å². The van der Waals surface area contributed by atoms with E-state index in [0.29, 0.717) is 18.5 Å². The van der Waals surface area contributed by atoms with Crippen molar-refractivity contribution in [2.45, 2.75) is 18.9 Å². The normalized spacial score (nSPS) is 17.0. The summed E-state index contributed by atoms with van der Waals surface area (Å²) in [5.74, 6) is -0.188. The van der Waals surface area contributed by atoms with Crippen molar-refractivity contribution in [1.29, 1.82) is 0 Å². The third kappa shape index (κ3) is 3.91. The number of hydrogen-bond donors (Lipinski definition) is 1. The number of halogens is 3. The number of rotatable bonds is 2. The second-order valence-electron chi connectivity index (χ2n) is 8.49. The van der Waals surface area contributed by atoms with Crippen molar-refractivity contribution < 1.29 is 9.50 Å². The Bertz CT molecular complexity index is 1720. The number of allylic oxidation sites excluding steroid dienone is 1. The number of benzene rings is 3. The van der Waals surface area contributed by atoms with Gasteiger partial charge in [0.15, 0.2) is 4.80 Å². The summed E-state index contributed by atoms with van der Waals surface area (Å²) in [5, 5.41) is 10.6. The zero-order valence-electron chi connectivity index (χ0n) is 18.1. The van der Waals surface area contributed by atoms with Crippen molar-refractivity contribution in [1.82, 2.24) is 4.57 Å². The fraction of sp³-hybridized carbons (Fsp3) is 0.111. The lowest BCUT2D eigenvalue weighted by Crippen LogP contribution is -2.38. The van der Waals surface area contributed by atoms with Crippen molar-refractivity contribution >= 4 is 61.6 Å². The largest absolute Gasteiger partial charge is 0.506 e. The Morgan fingerprint density at radius 3 is 2.71 bits per heavy atom. The number of aromatic hydroxyl groups is 1. The first-order valence-electron chi connectivity index (χ1n) is 11.0. The summed E-state index contributed by atoms with van der Waals surface area (Å²) < 4.78 is 17.5. The Morgan fingerprint density at radius 2 is 1.91 bits per heavy atom. The molecule has 6 rings (SSSR count). The van der Waals surface area contributed by atoms with Gasteiger partial charge in [-0.3, -0.25) is 9.36 Å². The summed E-state index contributed by atoms with van der Waals surface area (Å²) in [6, 6.07) is 17.8. The van der Waals surface area contributed by atoms with Crippen LogP contribution in [0, 0.1) is 9.39 Å². The summed E-state index contributed by atoms with van der Waals surface area (Å²) >= 11 is 6.83. The van der Waals surface area contributed by atoms with Gasteiger partial charge in [0.1, 0.15) is 11.6 Å². The quantitative estimate of drug-likeness (QED) is 0.288. The molecule has 3 aromatic carbocycles. The Labute approximate surface area is 226 Å². The van der Waals surface area contributed by atoms with Crippen LogP contribution in [0.15, 0.2) is 80.5 Å². The van der Waals surface area contributed by atoms with Crippen LogP contribution in [-0.2, 0) is 6.42 Å². The van der Waals surface area contributed by atoms with Crippen molar-refractivity contribution in [3.05, 3.63) is 122 Å². The van der Waals surface area contributed by atoms with E-state index in [4.69, 9.17) is 4.99 Å². The van der Waals surface area contributed by atoms with E-state index in [2.05, 4.69) is 50.7 Å². The maximum Gasteiger partial charge on any atom is 0.271 e. The minimum atomic E-state index is -0.367. The lowest BCUT2D eigenvalue weighted by molar-refractivity contribution is 0.470. The lowest BCUT2D eigenvalue weighted by Gasteiger charge is -2.30. The van der Waals surface area contributed by atoms with Gasteiger partial charge in [-0.2, -0.15) is 0 Å². The molecule has 1 aromatic heterocycles. The van der Waals surface area contributed by atoms with Crippen LogP contribution in [0.3, 0.4) is 0 Å². The summed E-state index contributed by atoms with van der Waals surface area (Å²) in [6.45, 7) is 0. The molecule has 8 heteroatoms. The van der Waals surface area contributed by atoms with E-state index in [-0.39, 0.29) is 23.2 Å². The van der Waals surface area contributed by atoms with Crippen LogP contribution in [-0.4, -0.2) is 9.67 Å². The van der Waals surface area contributed by atoms with E-state index in [1.165, 1.54) is 29.0 Å². The summed E-state index contributed by atoms with van der Waals surface area (Å²) in [6.07, 6.45) is 3.34. The molecule has 0 fully saturated rings. The van der Waals surface area contributed by atoms with E-state index in [1.807, 2.05) is 18.2 Å². The molecule has 35 heavy (non-hydrogen) atoms. The standard InChI is InChI=1S/C27H17BrFIN2O2S/c28-17-11-16(25(33)21(30)13-17)12-22-26(34)32-24(15-5-8-18(29)9-6-15)20-10-7-14-3-1-2-4-19(14)23(20)31-27(32)35-22/h1-6,8-9,11-13,24,33H,7,10H2/b22-12+/t24-/m1/s1. The SMILES string of the molecule is O=c1/c(=C\c2cc(Br)cc(I)c2O)sc2n1[C@H](c1ccc(F)cc1)C1=C(N=2)c2ccccc2CC1. The zero-order valence-corrected chi connectivity index (χ0v) is 22.7. The van der Waals surface area contributed by atoms with Crippen molar-refractivity contribution in [2.75, 3.05) is 0 Å². The number of aromatic nitrogens is 1. The van der Waals surface area contributed by atoms with Crippen molar-refractivity contribution in [3.8, 4) is 5.75 Å². The van der Waals surface area contributed by atoms with E-state index >= 15 is 0 Å². The summed E-state index contributed by atoms with van der Waals surface area (Å²) in [7, 11) is 0.